The Balaban J connectivity index is 2.54. The number of halogens is 1. The van der Waals surface area contributed by atoms with Gasteiger partial charge in [0.2, 0.25) is 5.78 Å². The predicted molar refractivity (Wildman–Crippen MR) is 69.1 cm³/mol. The fourth-order valence-electron chi connectivity index (χ4n) is 2.22. The van der Waals surface area contributed by atoms with Crippen LogP contribution >= 0.6 is 0 Å². The Morgan fingerprint density at radius 3 is 2.58 bits per heavy atom. The third-order valence-corrected chi connectivity index (χ3v) is 3.20. The van der Waals surface area contributed by atoms with Crippen LogP contribution < -0.4 is 0 Å². The topological polar surface area (TPSA) is 54.4 Å². The van der Waals surface area contributed by atoms with Crippen molar-refractivity contribution in [3.05, 3.63) is 52.4 Å². The standard InChI is InChI=1S/C15H13FO3/c1-8-3-5-12(15(18)19)14(17)13(8)11-6-4-10(16)7-9(11)2/h4-7H,3H2,1-2H3,(H,18,19). The largest absolute Gasteiger partial charge is 0.478 e. The van der Waals surface area contributed by atoms with E-state index in [-0.39, 0.29) is 11.4 Å². The number of ketones is 1. The molecule has 0 radical (unpaired) electrons. The quantitative estimate of drug-likeness (QED) is 0.832. The lowest BCUT2D eigenvalue weighted by Crippen LogP contribution is -2.18. The zero-order valence-electron chi connectivity index (χ0n) is 10.7. The van der Waals surface area contributed by atoms with Crippen molar-refractivity contribution < 1.29 is 19.1 Å². The monoisotopic (exact) mass is 260 g/mol. The second-order valence-corrected chi connectivity index (χ2v) is 4.57. The maximum absolute atomic E-state index is 13.1. The van der Waals surface area contributed by atoms with Gasteiger partial charge in [0.15, 0.2) is 0 Å². The van der Waals surface area contributed by atoms with E-state index in [1.165, 1.54) is 24.3 Å². The van der Waals surface area contributed by atoms with Crippen LogP contribution in [0.1, 0.15) is 24.5 Å². The number of aliphatic carboxylic acids is 1. The lowest BCUT2D eigenvalue weighted by Gasteiger charge is -2.17. The summed E-state index contributed by atoms with van der Waals surface area (Å²) in [6, 6.07) is 4.13. The number of aryl methyl sites for hydroxylation is 1. The summed E-state index contributed by atoms with van der Waals surface area (Å²) >= 11 is 0. The Morgan fingerprint density at radius 1 is 1.32 bits per heavy atom. The zero-order valence-corrected chi connectivity index (χ0v) is 10.7. The van der Waals surface area contributed by atoms with Gasteiger partial charge in [0.25, 0.3) is 0 Å². The molecule has 0 unspecified atom stereocenters. The van der Waals surface area contributed by atoms with Gasteiger partial charge in [0.1, 0.15) is 11.4 Å². The smallest absolute Gasteiger partial charge is 0.339 e. The molecule has 19 heavy (non-hydrogen) atoms. The predicted octanol–water partition coefficient (Wildman–Crippen LogP) is 2.89. The molecule has 1 aliphatic carbocycles. The first-order valence-corrected chi connectivity index (χ1v) is 5.86. The zero-order chi connectivity index (χ0) is 14.2. The van der Waals surface area contributed by atoms with Crippen molar-refractivity contribution in [1.82, 2.24) is 0 Å². The lowest BCUT2D eigenvalue weighted by atomic mass is 9.85. The Morgan fingerprint density at radius 2 is 2.00 bits per heavy atom. The van der Waals surface area contributed by atoms with Gasteiger partial charge in [-0.25, -0.2) is 9.18 Å². The van der Waals surface area contributed by atoms with Gasteiger partial charge >= 0.3 is 5.97 Å². The van der Waals surface area contributed by atoms with Crippen molar-refractivity contribution in [2.45, 2.75) is 20.3 Å². The van der Waals surface area contributed by atoms with E-state index in [1.54, 1.807) is 13.8 Å². The summed E-state index contributed by atoms with van der Waals surface area (Å²) in [6.45, 7) is 3.48. The van der Waals surface area contributed by atoms with Crippen LogP contribution in [0.4, 0.5) is 4.39 Å². The van der Waals surface area contributed by atoms with Crippen molar-refractivity contribution in [3.8, 4) is 0 Å². The van der Waals surface area contributed by atoms with Gasteiger partial charge in [-0.05, 0) is 43.5 Å². The number of carboxylic acid groups (broad SMARTS) is 1. The summed E-state index contributed by atoms with van der Waals surface area (Å²) in [4.78, 5) is 23.2. The molecule has 1 aromatic rings. The average molecular weight is 260 g/mol. The SMILES string of the molecule is CC1=C(c2ccc(F)cc2C)C(=O)C(C(=O)O)=CC1. The number of carboxylic acids is 1. The van der Waals surface area contributed by atoms with Crippen LogP contribution in [0, 0.1) is 12.7 Å². The molecule has 1 aliphatic rings. The molecule has 0 bridgehead atoms. The van der Waals surface area contributed by atoms with E-state index in [4.69, 9.17) is 5.11 Å². The van der Waals surface area contributed by atoms with Gasteiger partial charge in [-0.1, -0.05) is 17.7 Å². The van der Waals surface area contributed by atoms with Gasteiger partial charge in [-0.2, -0.15) is 0 Å². The molecule has 0 spiro atoms. The average Bonchev–Trinajstić information content (AvgIpc) is 2.31. The molecule has 4 heteroatoms. The molecule has 1 aromatic carbocycles. The first-order valence-electron chi connectivity index (χ1n) is 5.86. The molecule has 1 N–H and O–H groups in total. The number of hydrogen-bond acceptors (Lipinski definition) is 2. The molecule has 0 saturated carbocycles. The van der Waals surface area contributed by atoms with Crippen LogP contribution in [0.3, 0.4) is 0 Å². The number of hydrogen-bond donors (Lipinski definition) is 1. The van der Waals surface area contributed by atoms with Crippen LogP contribution in [0.5, 0.6) is 0 Å². The minimum absolute atomic E-state index is 0.218. The summed E-state index contributed by atoms with van der Waals surface area (Å²) in [5.74, 6) is -2.11. The van der Waals surface area contributed by atoms with Crippen molar-refractivity contribution in [2.24, 2.45) is 0 Å². The number of benzene rings is 1. The Hall–Kier alpha value is -2.23. The molecule has 0 fully saturated rings. The van der Waals surface area contributed by atoms with E-state index in [0.717, 1.165) is 5.57 Å². The maximum Gasteiger partial charge on any atom is 0.339 e. The van der Waals surface area contributed by atoms with E-state index in [2.05, 4.69) is 0 Å². The molecular formula is C15H13FO3. The van der Waals surface area contributed by atoms with Gasteiger partial charge < -0.3 is 5.11 Å². The van der Waals surface area contributed by atoms with Crippen LogP contribution in [0.25, 0.3) is 5.57 Å². The number of carbonyl (C=O) groups excluding carboxylic acids is 1. The highest BCUT2D eigenvalue weighted by Gasteiger charge is 2.27. The highest BCUT2D eigenvalue weighted by molar-refractivity contribution is 6.38. The molecule has 98 valence electrons. The normalized spacial score (nSPS) is 15.5. The first-order chi connectivity index (χ1) is 8.91. The van der Waals surface area contributed by atoms with Crippen molar-refractivity contribution >= 4 is 17.3 Å². The lowest BCUT2D eigenvalue weighted by molar-refractivity contribution is -0.134. The van der Waals surface area contributed by atoms with Gasteiger partial charge in [-0.3, -0.25) is 4.79 Å². The molecule has 0 saturated heterocycles. The Bertz CT molecular complexity index is 639. The van der Waals surface area contributed by atoms with E-state index in [9.17, 15) is 14.0 Å². The van der Waals surface area contributed by atoms with E-state index < -0.39 is 11.8 Å². The highest BCUT2D eigenvalue weighted by Crippen LogP contribution is 2.31. The number of allylic oxidation sites excluding steroid dienone is 3. The van der Waals surface area contributed by atoms with Crippen LogP contribution in [-0.4, -0.2) is 16.9 Å². The summed E-state index contributed by atoms with van der Waals surface area (Å²) in [7, 11) is 0. The molecule has 2 rings (SSSR count). The van der Waals surface area contributed by atoms with E-state index in [1.807, 2.05) is 0 Å². The first kappa shape index (κ1) is 13.2. The molecular weight excluding hydrogens is 247 g/mol. The second-order valence-electron chi connectivity index (χ2n) is 4.57. The molecule has 3 nitrogen and oxygen atoms in total. The summed E-state index contributed by atoms with van der Waals surface area (Å²) in [5, 5.41) is 9.00. The molecule has 0 amide bonds. The Kier molecular flexibility index (Phi) is 3.34. The highest BCUT2D eigenvalue weighted by atomic mass is 19.1. The summed E-state index contributed by atoms with van der Waals surface area (Å²) in [5.41, 5.74) is 2.16. The Labute approximate surface area is 110 Å². The van der Waals surface area contributed by atoms with Gasteiger partial charge in [0, 0.05) is 5.57 Å². The van der Waals surface area contributed by atoms with E-state index in [0.29, 0.717) is 23.1 Å². The fraction of sp³-hybridized carbons (Fsp3) is 0.200. The molecule has 0 atom stereocenters. The minimum atomic E-state index is -1.23. The van der Waals surface area contributed by atoms with Crippen LogP contribution in [0.2, 0.25) is 0 Å². The van der Waals surface area contributed by atoms with Crippen molar-refractivity contribution in [2.75, 3.05) is 0 Å². The molecule has 0 aromatic heterocycles. The number of carbonyl (C=O) groups is 2. The van der Waals surface area contributed by atoms with Crippen molar-refractivity contribution in [1.29, 1.82) is 0 Å². The summed E-state index contributed by atoms with van der Waals surface area (Å²) < 4.78 is 13.1. The fourth-order valence-corrected chi connectivity index (χ4v) is 2.22. The third kappa shape index (κ3) is 2.34. The molecule has 0 aliphatic heterocycles. The number of rotatable bonds is 2. The second kappa shape index (κ2) is 4.80. The van der Waals surface area contributed by atoms with Crippen LogP contribution in [-0.2, 0) is 9.59 Å². The number of Topliss-reactive ketones (excluding diaryl/α,β-unsaturated/α-hetero) is 1. The molecule has 0 heterocycles. The minimum Gasteiger partial charge on any atom is -0.478 e. The van der Waals surface area contributed by atoms with E-state index >= 15 is 0 Å². The third-order valence-electron chi connectivity index (χ3n) is 3.20. The van der Waals surface area contributed by atoms with Gasteiger partial charge in [-0.15, -0.1) is 0 Å². The summed E-state index contributed by atoms with van der Waals surface area (Å²) in [6.07, 6.45) is 1.84. The van der Waals surface area contributed by atoms with Gasteiger partial charge in [0.05, 0.1) is 0 Å². The maximum atomic E-state index is 13.1. The van der Waals surface area contributed by atoms with Crippen LogP contribution in [0.15, 0.2) is 35.4 Å². The van der Waals surface area contributed by atoms with Crippen molar-refractivity contribution in [3.63, 3.8) is 0 Å².